The van der Waals surface area contributed by atoms with Crippen LogP contribution in [0.1, 0.15) is 18.1 Å². The van der Waals surface area contributed by atoms with Crippen molar-refractivity contribution in [1.29, 1.82) is 0 Å². The minimum Gasteiger partial charge on any atom is -0.326 e. The normalized spacial score (nSPS) is 10.5. The fourth-order valence-electron chi connectivity index (χ4n) is 1.87. The molecule has 0 saturated carbocycles. The molecule has 5 heteroatoms. The smallest absolute Gasteiger partial charge is 0.278 e. The molecule has 0 aromatic heterocycles. The summed E-state index contributed by atoms with van der Waals surface area (Å²) in [4.78, 5) is 21.7. The second-order valence-electron chi connectivity index (χ2n) is 4.46. The molecule has 0 bridgehead atoms. The summed E-state index contributed by atoms with van der Waals surface area (Å²) in [6.07, 6.45) is 3.49. The number of nitrogens with one attached hydrogen (secondary N) is 1. The fraction of sp³-hybridized carbons (Fsp3) is 0.0625. The van der Waals surface area contributed by atoms with E-state index in [9.17, 15) is 14.9 Å². The Morgan fingerprint density at radius 1 is 1.14 bits per heavy atom. The predicted molar refractivity (Wildman–Crippen MR) is 82.8 cm³/mol. The summed E-state index contributed by atoms with van der Waals surface area (Å²) in [5, 5.41) is 13.7. The van der Waals surface area contributed by atoms with Crippen molar-refractivity contribution in [3.05, 3.63) is 69.8 Å². The Balaban J connectivity index is 2.33. The zero-order valence-electron chi connectivity index (χ0n) is 11.4. The van der Waals surface area contributed by atoms with Crippen LogP contribution in [0.15, 0.2) is 48.5 Å². The van der Waals surface area contributed by atoms with Gasteiger partial charge in [0.2, 0.25) is 5.91 Å². The Hall–Kier alpha value is -2.95. The summed E-state index contributed by atoms with van der Waals surface area (Å²) < 4.78 is 0. The van der Waals surface area contributed by atoms with Crippen LogP contribution < -0.4 is 5.32 Å². The largest absolute Gasteiger partial charge is 0.326 e. The van der Waals surface area contributed by atoms with Crippen molar-refractivity contribution in [3.63, 3.8) is 0 Å². The number of nitro groups is 1. The van der Waals surface area contributed by atoms with Gasteiger partial charge >= 0.3 is 0 Å². The van der Waals surface area contributed by atoms with Crippen molar-refractivity contribution in [2.45, 2.75) is 6.92 Å². The summed E-state index contributed by atoms with van der Waals surface area (Å²) in [7, 11) is 0. The number of hydrogen-bond donors (Lipinski definition) is 1. The van der Waals surface area contributed by atoms with Crippen molar-refractivity contribution in [3.8, 4) is 0 Å². The molecule has 5 nitrogen and oxygen atoms in total. The molecule has 1 N–H and O–H groups in total. The molecule has 0 radical (unpaired) electrons. The summed E-state index contributed by atoms with van der Waals surface area (Å²) in [6.45, 7) is 1.36. The first-order valence-electron chi connectivity index (χ1n) is 6.35. The molecule has 0 aliphatic rings. The van der Waals surface area contributed by atoms with Gasteiger partial charge in [0.25, 0.3) is 5.69 Å². The molecular formula is C16H14N2O3. The molecular weight excluding hydrogens is 268 g/mol. The number of carbonyl (C=O) groups excluding carboxylic acids is 1. The number of rotatable bonds is 4. The molecule has 106 valence electrons. The Bertz CT molecular complexity index is 694. The highest BCUT2D eigenvalue weighted by Crippen LogP contribution is 2.25. The molecule has 0 unspecified atom stereocenters. The van der Waals surface area contributed by atoms with Gasteiger partial charge in [0.1, 0.15) is 0 Å². The fourth-order valence-corrected chi connectivity index (χ4v) is 1.87. The van der Waals surface area contributed by atoms with Gasteiger partial charge in [-0.2, -0.15) is 0 Å². The van der Waals surface area contributed by atoms with E-state index < -0.39 is 4.92 Å². The van der Waals surface area contributed by atoms with Crippen LogP contribution in [0, 0.1) is 10.1 Å². The van der Waals surface area contributed by atoms with E-state index >= 15 is 0 Å². The highest BCUT2D eigenvalue weighted by Gasteiger charge is 2.12. The quantitative estimate of drug-likeness (QED) is 0.527. The Morgan fingerprint density at radius 2 is 1.86 bits per heavy atom. The molecule has 2 aromatic carbocycles. The van der Waals surface area contributed by atoms with Crippen LogP contribution in [0.25, 0.3) is 12.2 Å². The van der Waals surface area contributed by atoms with Crippen LogP contribution in [-0.2, 0) is 4.79 Å². The Labute approximate surface area is 122 Å². The second-order valence-corrected chi connectivity index (χ2v) is 4.46. The third-order valence-electron chi connectivity index (χ3n) is 2.80. The lowest BCUT2D eigenvalue weighted by molar-refractivity contribution is -0.385. The van der Waals surface area contributed by atoms with Crippen molar-refractivity contribution in [2.75, 3.05) is 5.32 Å². The number of benzene rings is 2. The number of nitrogens with zero attached hydrogens (tertiary/aromatic N) is 1. The summed E-state index contributed by atoms with van der Waals surface area (Å²) in [5.41, 5.74) is 1.80. The van der Waals surface area contributed by atoms with Gasteiger partial charge in [-0.25, -0.2) is 0 Å². The minimum atomic E-state index is -0.462. The third kappa shape index (κ3) is 4.01. The molecule has 0 heterocycles. The molecule has 1 amide bonds. The lowest BCUT2D eigenvalue weighted by Gasteiger charge is -2.03. The first kappa shape index (κ1) is 14.5. The van der Waals surface area contributed by atoms with Gasteiger partial charge in [0.15, 0.2) is 0 Å². The summed E-state index contributed by atoms with van der Waals surface area (Å²) in [5.74, 6) is -0.267. The van der Waals surface area contributed by atoms with E-state index in [0.717, 1.165) is 5.56 Å². The number of nitro benzene ring substituents is 1. The van der Waals surface area contributed by atoms with Crippen LogP contribution >= 0.6 is 0 Å². The van der Waals surface area contributed by atoms with E-state index in [4.69, 9.17) is 0 Å². The van der Waals surface area contributed by atoms with Gasteiger partial charge in [0, 0.05) is 18.7 Å². The van der Waals surface area contributed by atoms with Crippen molar-refractivity contribution >= 4 is 29.4 Å². The maximum atomic E-state index is 11.1. The van der Waals surface area contributed by atoms with Crippen LogP contribution in [-0.4, -0.2) is 10.8 Å². The van der Waals surface area contributed by atoms with Gasteiger partial charge in [-0.15, -0.1) is 0 Å². The monoisotopic (exact) mass is 282 g/mol. The third-order valence-corrected chi connectivity index (χ3v) is 2.80. The van der Waals surface area contributed by atoms with Gasteiger partial charge < -0.3 is 5.32 Å². The SMILES string of the molecule is CC(=O)Nc1ccc(C=Cc2ccccc2)c([N+](=O)[O-])c1. The van der Waals surface area contributed by atoms with Crippen molar-refractivity contribution in [1.82, 2.24) is 0 Å². The average Bonchev–Trinajstić information content (AvgIpc) is 2.46. The molecule has 21 heavy (non-hydrogen) atoms. The van der Waals surface area contributed by atoms with E-state index in [1.807, 2.05) is 30.3 Å². The molecule has 2 rings (SSSR count). The number of carbonyl (C=O) groups is 1. The van der Waals surface area contributed by atoms with E-state index in [1.54, 1.807) is 24.3 Å². The maximum absolute atomic E-state index is 11.1. The Morgan fingerprint density at radius 3 is 2.48 bits per heavy atom. The maximum Gasteiger partial charge on any atom is 0.278 e. The molecule has 2 aromatic rings. The molecule has 0 saturated heterocycles. The molecule has 0 aliphatic heterocycles. The lowest BCUT2D eigenvalue weighted by atomic mass is 10.1. The first-order valence-corrected chi connectivity index (χ1v) is 6.35. The Kier molecular flexibility index (Phi) is 4.46. The van der Waals surface area contributed by atoms with E-state index in [-0.39, 0.29) is 11.6 Å². The van der Waals surface area contributed by atoms with Crippen molar-refractivity contribution < 1.29 is 9.72 Å². The van der Waals surface area contributed by atoms with Crippen LogP contribution in [0.4, 0.5) is 11.4 Å². The average molecular weight is 282 g/mol. The highest BCUT2D eigenvalue weighted by atomic mass is 16.6. The second kappa shape index (κ2) is 6.47. The number of anilines is 1. The highest BCUT2D eigenvalue weighted by molar-refractivity contribution is 5.89. The van der Waals surface area contributed by atoms with E-state index in [2.05, 4.69) is 5.32 Å². The summed E-state index contributed by atoms with van der Waals surface area (Å²) >= 11 is 0. The van der Waals surface area contributed by atoms with Crippen LogP contribution in [0.5, 0.6) is 0 Å². The predicted octanol–water partition coefficient (Wildman–Crippen LogP) is 3.72. The minimum absolute atomic E-state index is 0.0477. The van der Waals surface area contributed by atoms with Gasteiger partial charge in [-0.3, -0.25) is 14.9 Å². The molecule has 0 atom stereocenters. The topological polar surface area (TPSA) is 72.2 Å². The molecule has 0 aliphatic carbocycles. The first-order chi connectivity index (χ1) is 10.1. The van der Waals surface area contributed by atoms with Crippen molar-refractivity contribution in [2.24, 2.45) is 0 Å². The van der Waals surface area contributed by atoms with Crippen LogP contribution in [0.2, 0.25) is 0 Å². The molecule has 0 spiro atoms. The zero-order valence-corrected chi connectivity index (χ0v) is 11.4. The number of hydrogen-bond acceptors (Lipinski definition) is 3. The van der Waals surface area contributed by atoms with E-state index in [0.29, 0.717) is 11.3 Å². The van der Waals surface area contributed by atoms with E-state index in [1.165, 1.54) is 13.0 Å². The standard InChI is InChI=1S/C16H14N2O3/c1-12(19)17-15-10-9-14(16(11-15)18(20)21)8-7-13-5-3-2-4-6-13/h2-11H,1H3,(H,17,19). The summed E-state index contributed by atoms with van der Waals surface area (Å²) in [6, 6.07) is 14.1. The number of amides is 1. The van der Waals surface area contributed by atoms with Gasteiger partial charge in [0.05, 0.1) is 10.5 Å². The zero-order chi connectivity index (χ0) is 15.2. The van der Waals surface area contributed by atoms with Gasteiger partial charge in [-0.1, -0.05) is 36.4 Å². The van der Waals surface area contributed by atoms with Crippen LogP contribution in [0.3, 0.4) is 0 Å². The lowest BCUT2D eigenvalue weighted by Crippen LogP contribution is -2.06. The van der Waals surface area contributed by atoms with Gasteiger partial charge in [-0.05, 0) is 23.8 Å². The molecule has 0 fully saturated rings.